The number of rotatable bonds is 9. The van der Waals surface area contributed by atoms with Crippen molar-refractivity contribution in [3.05, 3.63) is 107 Å². The Kier molecular flexibility index (Phi) is 8.92. The summed E-state index contributed by atoms with van der Waals surface area (Å²) >= 11 is 6.52. The van der Waals surface area contributed by atoms with Gasteiger partial charge in [0.15, 0.2) is 11.5 Å². The van der Waals surface area contributed by atoms with Gasteiger partial charge in [-0.05, 0) is 54.6 Å². The number of nitrogens with zero attached hydrogens (tertiary/aromatic N) is 1. The molecule has 0 fully saturated rings. The molecule has 5 rings (SSSR count). The Balaban J connectivity index is 1.38. The molecule has 4 aromatic carbocycles. The summed E-state index contributed by atoms with van der Waals surface area (Å²) in [6, 6.07) is 23.6. The van der Waals surface area contributed by atoms with Crippen molar-refractivity contribution in [2.75, 3.05) is 14.2 Å². The van der Waals surface area contributed by atoms with Gasteiger partial charge in [0.05, 0.1) is 26.0 Å². The van der Waals surface area contributed by atoms with Crippen LogP contribution in [-0.4, -0.2) is 43.3 Å². The number of carbonyl (C=O) groups is 3. The van der Waals surface area contributed by atoms with Crippen LogP contribution in [0.15, 0.2) is 90.0 Å². The van der Waals surface area contributed by atoms with E-state index in [2.05, 4.69) is 15.5 Å². The van der Waals surface area contributed by atoms with E-state index < -0.39 is 17.8 Å². The van der Waals surface area contributed by atoms with Crippen LogP contribution >= 0.6 is 11.6 Å². The molecule has 0 unspecified atom stereocenters. The first kappa shape index (κ1) is 29.9. The van der Waals surface area contributed by atoms with Crippen LogP contribution in [0, 0.1) is 0 Å². The summed E-state index contributed by atoms with van der Waals surface area (Å²) in [7, 11) is 2.96. The number of hydrogen-bond donors (Lipinski definition) is 2. The Morgan fingerprint density at radius 2 is 1.61 bits per heavy atom. The molecule has 10 nitrogen and oxygen atoms in total. The number of methoxy groups -OCH3 is 2. The number of esters is 2. The third-order valence-corrected chi connectivity index (χ3v) is 6.85. The van der Waals surface area contributed by atoms with Crippen molar-refractivity contribution >= 4 is 46.6 Å². The number of H-pyrrole nitrogens is 1. The van der Waals surface area contributed by atoms with Crippen LogP contribution in [0.4, 0.5) is 0 Å². The zero-order chi connectivity index (χ0) is 31.2. The maximum Gasteiger partial charge on any atom is 0.343 e. The highest BCUT2D eigenvalue weighted by Gasteiger charge is 2.21. The molecule has 1 amide bonds. The lowest BCUT2D eigenvalue weighted by molar-refractivity contribution is -0.132. The summed E-state index contributed by atoms with van der Waals surface area (Å²) in [6.45, 7) is 1.26. The smallest absolute Gasteiger partial charge is 0.343 e. The first-order chi connectivity index (χ1) is 21.3. The minimum Gasteiger partial charge on any atom is -0.497 e. The molecule has 5 aromatic rings. The van der Waals surface area contributed by atoms with E-state index in [0.717, 1.165) is 5.39 Å². The number of benzene rings is 4. The molecule has 0 aliphatic rings. The number of hydrazone groups is 1. The average molecular weight is 612 g/mol. The maximum atomic E-state index is 13.4. The normalized spacial score (nSPS) is 10.9. The molecular weight excluding hydrogens is 586 g/mol. The zero-order valence-corrected chi connectivity index (χ0v) is 24.6. The second-order valence-corrected chi connectivity index (χ2v) is 9.76. The second kappa shape index (κ2) is 13.1. The van der Waals surface area contributed by atoms with Gasteiger partial charge in [-0.1, -0.05) is 41.9 Å². The van der Waals surface area contributed by atoms with E-state index in [9.17, 15) is 14.4 Å². The van der Waals surface area contributed by atoms with Crippen LogP contribution in [0.25, 0.3) is 22.0 Å². The summed E-state index contributed by atoms with van der Waals surface area (Å²) in [6.07, 6.45) is 1.37. The van der Waals surface area contributed by atoms with E-state index >= 15 is 0 Å². The van der Waals surface area contributed by atoms with E-state index in [-0.39, 0.29) is 28.5 Å². The molecule has 0 spiro atoms. The topological polar surface area (TPSA) is 128 Å². The Hall–Kier alpha value is -5.61. The Morgan fingerprint density at radius 3 is 2.36 bits per heavy atom. The Bertz CT molecular complexity index is 1920. The van der Waals surface area contributed by atoms with Crippen molar-refractivity contribution in [1.82, 2.24) is 10.4 Å². The predicted octanol–water partition coefficient (Wildman–Crippen LogP) is 6.41. The summed E-state index contributed by atoms with van der Waals surface area (Å²) in [5.74, 6) is -0.525. The number of halogens is 1. The van der Waals surface area contributed by atoms with Crippen LogP contribution in [0.5, 0.6) is 23.0 Å². The number of carbonyl (C=O) groups excluding carboxylic acids is 3. The lowest BCUT2D eigenvalue weighted by Gasteiger charge is -2.11. The van der Waals surface area contributed by atoms with Gasteiger partial charge in [-0.2, -0.15) is 5.10 Å². The van der Waals surface area contributed by atoms with Gasteiger partial charge in [-0.15, -0.1) is 0 Å². The predicted molar refractivity (Wildman–Crippen MR) is 166 cm³/mol. The van der Waals surface area contributed by atoms with Crippen LogP contribution in [0.2, 0.25) is 5.02 Å². The third-order valence-electron chi connectivity index (χ3n) is 6.52. The standard InChI is InChI=1S/C33H26ClN3O7/c1-19(38)43-28-15-12-20(16-29(28)42-3)33(40)44-27-11-7-4-8-21(27)18-35-37-32(39)31-30(23-9-5-6-10-25(23)34)24-17-22(41-2)13-14-26(24)36-31/h4-18,36H,1-3H3,(H,37,39). The van der Waals surface area contributed by atoms with Gasteiger partial charge < -0.3 is 23.9 Å². The Morgan fingerprint density at radius 1 is 0.841 bits per heavy atom. The molecule has 0 bridgehead atoms. The quantitative estimate of drug-likeness (QED) is 0.0852. The van der Waals surface area contributed by atoms with E-state index in [1.807, 2.05) is 30.3 Å². The lowest BCUT2D eigenvalue weighted by atomic mass is 10.0. The highest BCUT2D eigenvalue weighted by atomic mass is 35.5. The van der Waals surface area contributed by atoms with Gasteiger partial charge in [0.25, 0.3) is 5.91 Å². The van der Waals surface area contributed by atoms with Gasteiger partial charge in [0.2, 0.25) is 0 Å². The molecule has 222 valence electrons. The van der Waals surface area contributed by atoms with Gasteiger partial charge in [0.1, 0.15) is 17.2 Å². The first-order valence-electron chi connectivity index (χ1n) is 13.2. The van der Waals surface area contributed by atoms with Crippen molar-refractivity contribution in [2.45, 2.75) is 6.92 Å². The van der Waals surface area contributed by atoms with Crippen molar-refractivity contribution in [2.24, 2.45) is 5.10 Å². The number of hydrogen-bond acceptors (Lipinski definition) is 8. The SMILES string of the molecule is COc1ccc2[nH]c(C(=O)NN=Cc3ccccc3OC(=O)c3ccc(OC(C)=O)c(OC)c3)c(-c3ccccc3Cl)c2c1. The molecule has 1 heterocycles. The minimum absolute atomic E-state index is 0.167. The van der Waals surface area contributed by atoms with Crippen molar-refractivity contribution in [3.8, 4) is 34.1 Å². The fraction of sp³-hybridized carbons (Fsp3) is 0.0909. The maximum absolute atomic E-state index is 13.4. The fourth-order valence-electron chi connectivity index (χ4n) is 4.50. The monoisotopic (exact) mass is 611 g/mol. The largest absolute Gasteiger partial charge is 0.497 e. The molecule has 0 aliphatic carbocycles. The first-order valence-corrected chi connectivity index (χ1v) is 13.6. The number of ether oxygens (including phenoxy) is 4. The summed E-state index contributed by atoms with van der Waals surface area (Å²) in [4.78, 5) is 40.8. The molecular formula is C33H26ClN3O7. The van der Waals surface area contributed by atoms with Crippen LogP contribution in [-0.2, 0) is 4.79 Å². The van der Waals surface area contributed by atoms with E-state index in [0.29, 0.717) is 33.0 Å². The molecule has 2 N–H and O–H groups in total. The van der Waals surface area contributed by atoms with Gasteiger partial charge in [0, 0.05) is 39.5 Å². The van der Waals surface area contributed by atoms with Crippen molar-refractivity contribution in [1.29, 1.82) is 0 Å². The molecule has 0 radical (unpaired) electrons. The second-order valence-electron chi connectivity index (χ2n) is 9.35. The highest BCUT2D eigenvalue weighted by molar-refractivity contribution is 6.34. The number of aromatic nitrogens is 1. The third kappa shape index (κ3) is 6.40. The summed E-state index contributed by atoms with van der Waals surface area (Å²) < 4.78 is 21.3. The highest BCUT2D eigenvalue weighted by Crippen LogP contribution is 2.38. The van der Waals surface area contributed by atoms with E-state index in [1.54, 1.807) is 43.5 Å². The summed E-state index contributed by atoms with van der Waals surface area (Å²) in [5, 5.41) is 5.35. The van der Waals surface area contributed by atoms with Crippen LogP contribution in [0.3, 0.4) is 0 Å². The van der Waals surface area contributed by atoms with Crippen molar-refractivity contribution in [3.63, 3.8) is 0 Å². The molecule has 0 saturated carbocycles. The molecule has 0 atom stereocenters. The zero-order valence-electron chi connectivity index (χ0n) is 23.8. The molecule has 0 aliphatic heterocycles. The fourth-order valence-corrected chi connectivity index (χ4v) is 4.73. The van der Waals surface area contributed by atoms with Gasteiger partial charge in [-0.3, -0.25) is 9.59 Å². The Labute approximate surface area is 257 Å². The molecule has 44 heavy (non-hydrogen) atoms. The van der Waals surface area contributed by atoms with Crippen LogP contribution in [0.1, 0.15) is 33.3 Å². The number of aromatic amines is 1. The van der Waals surface area contributed by atoms with Gasteiger partial charge in [-0.25, -0.2) is 10.2 Å². The average Bonchev–Trinajstić information content (AvgIpc) is 3.40. The molecule has 0 saturated heterocycles. The van der Waals surface area contributed by atoms with Gasteiger partial charge >= 0.3 is 11.9 Å². The number of nitrogens with one attached hydrogen (secondary N) is 2. The number of para-hydroxylation sites is 1. The number of fused-ring (bicyclic) bond motifs is 1. The number of amides is 1. The van der Waals surface area contributed by atoms with Crippen molar-refractivity contribution < 1.29 is 33.3 Å². The molecule has 1 aromatic heterocycles. The van der Waals surface area contributed by atoms with Crippen LogP contribution < -0.4 is 24.4 Å². The molecule has 11 heteroatoms. The summed E-state index contributed by atoms with van der Waals surface area (Å²) in [5.41, 5.74) is 5.37. The minimum atomic E-state index is -0.680. The van der Waals surface area contributed by atoms with E-state index in [4.69, 9.17) is 30.5 Å². The lowest BCUT2D eigenvalue weighted by Crippen LogP contribution is -2.19. The van der Waals surface area contributed by atoms with E-state index in [1.165, 1.54) is 38.4 Å².